The van der Waals surface area contributed by atoms with Crippen LogP contribution in [0.3, 0.4) is 0 Å². The lowest BCUT2D eigenvalue weighted by molar-refractivity contribution is -0.143. The van der Waals surface area contributed by atoms with Crippen molar-refractivity contribution in [3.8, 4) is 0 Å². The highest BCUT2D eigenvalue weighted by Crippen LogP contribution is 2.18. The molecule has 3 N–H and O–H groups in total. The minimum absolute atomic E-state index is 0.0206. The molecule has 0 aromatic carbocycles. The number of carbonyl (C=O) groups excluding carboxylic acids is 2. The van der Waals surface area contributed by atoms with E-state index in [0.29, 0.717) is 25.9 Å². The van der Waals surface area contributed by atoms with Crippen LogP contribution in [0.15, 0.2) is 48.6 Å². The van der Waals surface area contributed by atoms with Gasteiger partial charge in [-0.1, -0.05) is 313 Å². The van der Waals surface area contributed by atoms with Crippen molar-refractivity contribution >= 4 is 11.9 Å². The van der Waals surface area contributed by atoms with Crippen molar-refractivity contribution in [1.82, 2.24) is 5.32 Å². The van der Waals surface area contributed by atoms with Gasteiger partial charge < -0.3 is 20.3 Å². The molecule has 0 aliphatic heterocycles. The fourth-order valence-corrected chi connectivity index (χ4v) is 10.6. The number of allylic oxidation sites excluding steroid dienone is 8. The molecule has 0 aromatic rings. The van der Waals surface area contributed by atoms with Crippen LogP contribution in [-0.4, -0.2) is 47.4 Å². The van der Waals surface area contributed by atoms with Crippen LogP contribution in [0.5, 0.6) is 0 Å². The number of rotatable bonds is 64. The third kappa shape index (κ3) is 62.9. The largest absolute Gasteiger partial charge is 0.466 e. The molecule has 0 aliphatic rings. The van der Waals surface area contributed by atoms with Crippen LogP contribution in [0.4, 0.5) is 0 Å². The Morgan fingerprint density at radius 1 is 0.377 bits per heavy atom. The predicted molar refractivity (Wildman–Crippen MR) is 338 cm³/mol. The van der Waals surface area contributed by atoms with E-state index in [1.54, 1.807) is 0 Å². The number of aliphatic hydroxyl groups excluding tert-OH is 2. The first-order valence-corrected chi connectivity index (χ1v) is 34.4. The van der Waals surface area contributed by atoms with E-state index in [9.17, 15) is 19.8 Å². The van der Waals surface area contributed by atoms with Crippen molar-refractivity contribution in [3.05, 3.63) is 48.6 Å². The van der Waals surface area contributed by atoms with E-state index in [1.807, 2.05) is 0 Å². The van der Waals surface area contributed by atoms with E-state index in [0.717, 1.165) is 77.0 Å². The highest BCUT2D eigenvalue weighted by atomic mass is 16.5. The molecular weight excluding hydrogens is 947 g/mol. The van der Waals surface area contributed by atoms with Gasteiger partial charge in [0.1, 0.15) is 0 Å². The van der Waals surface area contributed by atoms with Crippen molar-refractivity contribution in [2.75, 3.05) is 13.2 Å². The molecule has 0 heterocycles. The lowest BCUT2D eigenvalue weighted by Gasteiger charge is -2.22. The highest BCUT2D eigenvalue weighted by molar-refractivity contribution is 5.76. The minimum Gasteiger partial charge on any atom is -0.466 e. The second-order valence-electron chi connectivity index (χ2n) is 23.5. The minimum atomic E-state index is -0.674. The van der Waals surface area contributed by atoms with Crippen LogP contribution >= 0.6 is 0 Å². The van der Waals surface area contributed by atoms with Crippen LogP contribution in [0.25, 0.3) is 0 Å². The number of carbonyl (C=O) groups is 2. The van der Waals surface area contributed by atoms with E-state index < -0.39 is 12.1 Å². The van der Waals surface area contributed by atoms with Gasteiger partial charge in [-0.15, -0.1) is 0 Å². The second-order valence-corrected chi connectivity index (χ2v) is 23.5. The summed E-state index contributed by atoms with van der Waals surface area (Å²) in [6, 6.07) is -0.552. The first-order valence-electron chi connectivity index (χ1n) is 34.4. The topological polar surface area (TPSA) is 95.9 Å². The number of unbranched alkanes of at least 4 members (excludes halogenated alkanes) is 46. The third-order valence-electron chi connectivity index (χ3n) is 15.9. The summed E-state index contributed by atoms with van der Waals surface area (Å²) in [6.07, 6.45) is 85.7. The van der Waals surface area contributed by atoms with Crippen molar-refractivity contribution in [2.45, 2.75) is 379 Å². The maximum Gasteiger partial charge on any atom is 0.305 e. The number of esters is 1. The van der Waals surface area contributed by atoms with Crippen molar-refractivity contribution in [3.63, 3.8) is 0 Å². The Bertz CT molecular complexity index is 1290. The lowest BCUT2D eigenvalue weighted by Crippen LogP contribution is -2.45. The van der Waals surface area contributed by atoms with Gasteiger partial charge in [0.25, 0.3) is 0 Å². The summed E-state index contributed by atoms with van der Waals surface area (Å²) in [7, 11) is 0. The molecule has 0 fully saturated rings. The molecule has 452 valence electrons. The van der Waals surface area contributed by atoms with Crippen molar-refractivity contribution < 1.29 is 24.5 Å². The van der Waals surface area contributed by atoms with Crippen molar-refractivity contribution in [2.24, 2.45) is 0 Å². The summed E-state index contributed by atoms with van der Waals surface area (Å²) >= 11 is 0. The zero-order valence-electron chi connectivity index (χ0n) is 51.7. The molecule has 0 saturated carbocycles. The standard InChI is InChI=1S/C71H133NO5/c1-3-5-7-9-11-13-15-17-19-21-22-23-24-25-26-28-32-35-39-43-47-51-55-59-63-69(74)68(67-73)72-70(75)64-60-56-52-48-44-40-36-33-29-27-30-34-38-42-46-50-54-58-62-66-77-71(76)65-61-57-53-49-45-41-37-31-20-18-16-14-12-10-8-6-4-2/h12,14,18,20,34,38,42,46,68-69,73-74H,3-11,13,15-17,19,21-33,35-37,39-41,43-45,47-67H2,1-2H3,(H,72,75)/b14-12-,20-18-,38-34-,46-42-. The second kappa shape index (κ2) is 66.3. The SMILES string of the molecule is CCCCC/C=C\C/C=C\CCCCCCCCCC(=O)OCCCCC/C=C\C=C/CCCCCCCCCCCCC(=O)NC(CO)C(O)CCCCCCCCCCCCCCCCCCCCCCCCCC. The average Bonchev–Trinajstić information content (AvgIpc) is 3.43. The quantitative estimate of drug-likeness (QED) is 0.0244. The van der Waals surface area contributed by atoms with E-state index >= 15 is 0 Å². The molecular formula is C71H133NO5. The van der Waals surface area contributed by atoms with Gasteiger partial charge in [0.05, 0.1) is 25.4 Å². The number of amides is 1. The Labute approximate surface area is 480 Å². The van der Waals surface area contributed by atoms with Gasteiger partial charge in [-0.2, -0.15) is 0 Å². The van der Waals surface area contributed by atoms with Gasteiger partial charge in [0, 0.05) is 12.8 Å². The molecule has 1 amide bonds. The van der Waals surface area contributed by atoms with Gasteiger partial charge in [-0.05, 0) is 89.9 Å². The van der Waals surface area contributed by atoms with Crippen LogP contribution in [0.1, 0.15) is 367 Å². The van der Waals surface area contributed by atoms with Gasteiger partial charge >= 0.3 is 5.97 Å². The van der Waals surface area contributed by atoms with Gasteiger partial charge in [0.15, 0.2) is 0 Å². The molecule has 77 heavy (non-hydrogen) atoms. The molecule has 6 nitrogen and oxygen atoms in total. The van der Waals surface area contributed by atoms with E-state index in [1.165, 1.54) is 257 Å². The normalized spacial score (nSPS) is 12.8. The Morgan fingerprint density at radius 3 is 1.09 bits per heavy atom. The van der Waals surface area contributed by atoms with Gasteiger partial charge in [-0.3, -0.25) is 9.59 Å². The van der Waals surface area contributed by atoms with Crippen LogP contribution in [-0.2, 0) is 14.3 Å². The molecule has 0 radical (unpaired) electrons. The summed E-state index contributed by atoms with van der Waals surface area (Å²) in [5.74, 6) is -0.0624. The summed E-state index contributed by atoms with van der Waals surface area (Å²) in [5, 5.41) is 23.4. The Balaban J connectivity index is 3.47. The Morgan fingerprint density at radius 2 is 0.688 bits per heavy atom. The van der Waals surface area contributed by atoms with Gasteiger partial charge in [0.2, 0.25) is 5.91 Å². The molecule has 2 unspecified atom stereocenters. The molecule has 0 rings (SSSR count). The van der Waals surface area contributed by atoms with Crippen molar-refractivity contribution in [1.29, 1.82) is 0 Å². The Hall–Kier alpha value is -2.18. The zero-order chi connectivity index (χ0) is 55.7. The van der Waals surface area contributed by atoms with Gasteiger partial charge in [-0.25, -0.2) is 0 Å². The number of hydrogen-bond acceptors (Lipinski definition) is 5. The summed E-state index contributed by atoms with van der Waals surface area (Å²) in [6.45, 7) is 4.91. The lowest BCUT2D eigenvalue weighted by atomic mass is 10.0. The summed E-state index contributed by atoms with van der Waals surface area (Å²) in [5.41, 5.74) is 0. The third-order valence-corrected chi connectivity index (χ3v) is 15.9. The van der Waals surface area contributed by atoms with E-state index in [2.05, 4.69) is 67.8 Å². The molecule has 6 heteroatoms. The average molecular weight is 1080 g/mol. The molecule has 0 bridgehead atoms. The highest BCUT2D eigenvalue weighted by Gasteiger charge is 2.20. The number of aliphatic hydroxyl groups is 2. The number of hydrogen-bond donors (Lipinski definition) is 3. The Kier molecular flexibility index (Phi) is 64.5. The first-order chi connectivity index (χ1) is 38.0. The van der Waals surface area contributed by atoms with Crippen LogP contribution in [0, 0.1) is 0 Å². The summed E-state index contributed by atoms with van der Waals surface area (Å²) in [4.78, 5) is 24.6. The molecule has 2 atom stereocenters. The van der Waals surface area contributed by atoms with Crippen LogP contribution in [0.2, 0.25) is 0 Å². The maximum atomic E-state index is 12.5. The van der Waals surface area contributed by atoms with E-state index in [-0.39, 0.29) is 18.5 Å². The number of ether oxygens (including phenoxy) is 1. The fourth-order valence-electron chi connectivity index (χ4n) is 10.6. The monoisotopic (exact) mass is 1080 g/mol. The smallest absolute Gasteiger partial charge is 0.305 e. The predicted octanol–water partition coefficient (Wildman–Crippen LogP) is 22.1. The fraction of sp³-hybridized carbons (Fsp3) is 0.859. The first kappa shape index (κ1) is 74.8. The molecule has 0 aromatic heterocycles. The van der Waals surface area contributed by atoms with Crippen LogP contribution < -0.4 is 5.32 Å². The summed E-state index contributed by atoms with van der Waals surface area (Å²) < 4.78 is 5.47. The maximum absolute atomic E-state index is 12.5. The zero-order valence-corrected chi connectivity index (χ0v) is 51.7. The molecule has 0 aliphatic carbocycles. The molecule has 0 spiro atoms. The van der Waals surface area contributed by atoms with E-state index in [4.69, 9.17) is 4.74 Å². The number of nitrogens with one attached hydrogen (secondary N) is 1. The molecule has 0 saturated heterocycles.